The van der Waals surface area contributed by atoms with E-state index >= 15 is 0 Å². The zero-order valence-corrected chi connectivity index (χ0v) is 5.68. The standard InChI is InChI=1S/C6H11N3/c1-5-3-4-8-9(2)6(5)7/h3-4,9H,7H2,1-2H3. The molecule has 0 saturated carbocycles. The Balaban J connectivity index is 2.83. The van der Waals surface area contributed by atoms with E-state index in [2.05, 4.69) is 5.43 Å². The lowest BCUT2D eigenvalue weighted by Gasteiger charge is -2.28. The highest BCUT2D eigenvalue weighted by atomic mass is 15.5. The van der Waals surface area contributed by atoms with Gasteiger partial charge in [-0.05, 0) is 6.92 Å². The van der Waals surface area contributed by atoms with Crippen LogP contribution in [0.3, 0.4) is 0 Å². The van der Waals surface area contributed by atoms with E-state index in [0.717, 1.165) is 16.4 Å². The van der Waals surface area contributed by atoms with Crippen molar-refractivity contribution in [2.45, 2.75) is 6.92 Å². The average Bonchev–Trinajstić information content (AvgIpc) is 1.83. The molecule has 1 rings (SSSR count). The molecule has 3 heteroatoms. The molecule has 0 aromatic heterocycles. The molecule has 3 nitrogen and oxygen atoms in total. The smallest absolute Gasteiger partial charge is 0.194 e. The van der Waals surface area contributed by atoms with E-state index in [9.17, 15) is 0 Å². The van der Waals surface area contributed by atoms with Gasteiger partial charge in [0.25, 0.3) is 0 Å². The number of allylic oxidation sites excluding steroid dienone is 2. The second-order valence-corrected chi connectivity index (χ2v) is 2.13. The summed E-state index contributed by atoms with van der Waals surface area (Å²) in [6.07, 6.45) is 3.67. The van der Waals surface area contributed by atoms with Gasteiger partial charge in [-0.2, -0.15) is 0 Å². The zero-order chi connectivity index (χ0) is 6.85. The molecule has 3 N–H and O–H groups in total. The van der Waals surface area contributed by atoms with Crippen LogP contribution >= 0.6 is 0 Å². The summed E-state index contributed by atoms with van der Waals surface area (Å²) >= 11 is 0. The Hall–Kier alpha value is -0.960. The van der Waals surface area contributed by atoms with Gasteiger partial charge < -0.3 is 16.2 Å². The Morgan fingerprint density at radius 3 is 2.78 bits per heavy atom. The molecule has 0 aliphatic carbocycles. The van der Waals surface area contributed by atoms with Crippen LogP contribution in [0.25, 0.3) is 5.43 Å². The van der Waals surface area contributed by atoms with Crippen LogP contribution in [0.15, 0.2) is 23.7 Å². The molecule has 0 radical (unpaired) electrons. The summed E-state index contributed by atoms with van der Waals surface area (Å²) in [6.45, 7) is 1.98. The summed E-state index contributed by atoms with van der Waals surface area (Å²) in [5.41, 5.74) is 10.7. The van der Waals surface area contributed by atoms with E-state index in [4.69, 9.17) is 5.73 Å². The molecule has 9 heavy (non-hydrogen) atoms. The van der Waals surface area contributed by atoms with Gasteiger partial charge in [-0.1, -0.05) is 6.08 Å². The van der Waals surface area contributed by atoms with Gasteiger partial charge in [-0.3, -0.25) is 0 Å². The first-order valence-corrected chi connectivity index (χ1v) is 2.89. The summed E-state index contributed by atoms with van der Waals surface area (Å²) in [5, 5.41) is 0.912. The van der Waals surface area contributed by atoms with E-state index in [-0.39, 0.29) is 0 Å². The lowest BCUT2D eigenvalue weighted by atomic mass is 10.3. The first-order valence-electron chi connectivity index (χ1n) is 2.89. The maximum absolute atomic E-state index is 5.62. The number of nitrogens with two attached hydrogens (primary N) is 1. The fraction of sp³-hybridized carbons (Fsp3) is 0.333. The fourth-order valence-corrected chi connectivity index (χ4v) is 0.706. The molecule has 50 valence electrons. The summed E-state index contributed by atoms with van der Waals surface area (Å²) < 4.78 is 0. The molecule has 0 aromatic carbocycles. The third-order valence-corrected chi connectivity index (χ3v) is 1.41. The number of nitrogens with one attached hydrogen (secondary N) is 1. The largest absolute Gasteiger partial charge is 0.489 e. The van der Waals surface area contributed by atoms with Gasteiger partial charge in [0, 0.05) is 5.57 Å². The van der Waals surface area contributed by atoms with Crippen molar-refractivity contribution in [1.29, 1.82) is 0 Å². The molecule has 0 aromatic rings. The monoisotopic (exact) mass is 125 g/mol. The SMILES string of the molecule is CC1=C(N)[NH+](C)[N-]C=C1. The Bertz CT molecular complexity index is 169. The first-order chi connectivity index (χ1) is 4.22. The van der Waals surface area contributed by atoms with Gasteiger partial charge in [-0.15, -0.1) is 6.20 Å². The maximum atomic E-state index is 5.62. The van der Waals surface area contributed by atoms with E-state index < -0.39 is 0 Å². The Labute approximate surface area is 54.8 Å². The van der Waals surface area contributed by atoms with Crippen LogP contribution in [0.1, 0.15) is 6.92 Å². The predicted octanol–water partition coefficient (Wildman–Crippen LogP) is -0.493. The van der Waals surface area contributed by atoms with Crippen molar-refractivity contribution in [2.75, 3.05) is 7.05 Å². The molecular formula is C6H11N3. The van der Waals surface area contributed by atoms with Crippen LogP contribution in [0.5, 0.6) is 0 Å². The third kappa shape index (κ3) is 1.05. The second kappa shape index (κ2) is 2.11. The molecule has 1 aliphatic rings. The second-order valence-electron chi connectivity index (χ2n) is 2.13. The van der Waals surface area contributed by atoms with Gasteiger partial charge in [0.1, 0.15) is 0 Å². The van der Waals surface area contributed by atoms with E-state index in [0.29, 0.717) is 0 Å². The highest BCUT2D eigenvalue weighted by Crippen LogP contribution is 1.99. The van der Waals surface area contributed by atoms with E-state index in [1.807, 2.05) is 20.0 Å². The van der Waals surface area contributed by atoms with Crippen molar-refractivity contribution < 1.29 is 5.01 Å². The molecule has 0 amide bonds. The minimum atomic E-state index is 0.803. The summed E-state index contributed by atoms with van der Waals surface area (Å²) in [6, 6.07) is 0. The molecule has 1 aliphatic heterocycles. The molecule has 0 saturated heterocycles. The number of hydrogen-bond acceptors (Lipinski definition) is 1. The Morgan fingerprint density at radius 1 is 1.67 bits per heavy atom. The van der Waals surface area contributed by atoms with Gasteiger partial charge in [0.15, 0.2) is 5.82 Å². The molecule has 0 fully saturated rings. The van der Waals surface area contributed by atoms with Crippen LogP contribution in [-0.2, 0) is 0 Å². The molecular weight excluding hydrogens is 114 g/mol. The number of rotatable bonds is 0. The van der Waals surface area contributed by atoms with Crippen LogP contribution < -0.4 is 10.7 Å². The zero-order valence-electron chi connectivity index (χ0n) is 5.68. The first kappa shape index (κ1) is 6.16. The van der Waals surface area contributed by atoms with Crippen LogP contribution in [0.4, 0.5) is 0 Å². The highest BCUT2D eigenvalue weighted by molar-refractivity contribution is 5.22. The summed E-state index contributed by atoms with van der Waals surface area (Å²) in [4.78, 5) is 0. The highest BCUT2D eigenvalue weighted by Gasteiger charge is 2.02. The predicted molar refractivity (Wildman–Crippen MR) is 36.3 cm³/mol. The molecule has 1 heterocycles. The summed E-state index contributed by atoms with van der Waals surface area (Å²) in [5.74, 6) is 0.803. The number of quaternary nitrogens is 1. The Kier molecular flexibility index (Phi) is 1.44. The fourth-order valence-electron chi connectivity index (χ4n) is 0.706. The van der Waals surface area contributed by atoms with Gasteiger partial charge in [0.05, 0.1) is 7.05 Å². The normalized spacial score (nSPS) is 26.2. The lowest BCUT2D eigenvalue weighted by molar-refractivity contribution is -0.797. The topological polar surface area (TPSA) is 44.6 Å². The molecule has 0 spiro atoms. The quantitative estimate of drug-likeness (QED) is 0.450. The van der Waals surface area contributed by atoms with Crippen molar-refractivity contribution in [1.82, 2.24) is 0 Å². The molecule has 1 unspecified atom stereocenters. The van der Waals surface area contributed by atoms with Gasteiger partial charge >= 0.3 is 0 Å². The van der Waals surface area contributed by atoms with Crippen molar-refractivity contribution in [3.63, 3.8) is 0 Å². The third-order valence-electron chi connectivity index (χ3n) is 1.41. The summed E-state index contributed by atoms with van der Waals surface area (Å²) in [7, 11) is 1.91. The number of nitrogens with zero attached hydrogens (tertiary/aromatic N) is 1. The van der Waals surface area contributed by atoms with Gasteiger partial charge in [0.2, 0.25) is 0 Å². The minimum Gasteiger partial charge on any atom is -0.489 e. The minimum absolute atomic E-state index is 0.803. The van der Waals surface area contributed by atoms with Crippen molar-refractivity contribution in [2.24, 2.45) is 5.73 Å². The van der Waals surface area contributed by atoms with Gasteiger partial charge in [-0.25, -0.2) is 0 Å². The number of hydrogen-bond donors (Lipinski definition) is 2. The molecule has 0 bridgehead atoms. The molecule has 1 atom stereocenters. The van der Waals surface area contributed by atoms with E-state index in [1.54, 1.807) is 6.20 Å². The van der Waals surface area contributed by atoms with Crippen molar-refractivity contribution in [3.8, 4) is 0 Å². The van der Waals surface area contributed by atoms with Crippen LogP contribution in [0, 0.1) is 0 Å². The Morgan fingerprint density at radius 2 is 2.33 bits per heavy atom. The van der Waals surface area contributed by atoms with E-state index in [1.165, 1.54) is 0 Å². The lowest BCUT2D eigenvalue weighted by Crippen LogP contribution is -3.04. The van der Waals surface area contributed by atoms with Crippen LogP contribution in [0.2, 0.25) is 0 Å². The van der Waals surface area contributed by atoms with Crippen LogP contribution in [-0.4, -0.2) is 7.05 Å². The van der Waals surface area contributed by atoms with Crippen molar-refractivity contribution >= 4 is 0 Å². The van der Waals surface area contributed by atoms with Crippen molar-refractivity contribution in [3.05, 3.63) is 29.1 Å². The maximum Gasteiger partial charge on any atom is 0.194 e. The average molecular weight is 125 g/mol.